The quantitative estimate of drug-likeness (QED) is 0.323. The van der Waals surface area contributed by atoms with Gasteiger partial charge in [-0.1, -0.05) is 24.3 Å². The Morgan fingerprint density at radius 1 is 1.03 bits per heavy atom. The summed E-state index contributed by atoms with van der Waals surface area (Å²) < 4.78 is 13.5. The summed E-state index contributed by atoms with van der Waals surface area (Å²) in [6, 6.07) is 16.8. The topological polar surface area (TPSA) is 120 Å². The molecular formula is C25H20ClN5O3S. The van der Waals surface area contributed by atoms with Crippen LogP contribution in [0.15, 0.2) is 78.0 Å². The summed E-state index contributed by atoms with van der Waals surface area (Å²) >= 11 is 6.71. The normalized spacial score (nSPS) is 17.2. The molecule has 0 saturated heterocycles. The van der Waals surface area contributed by atoms with E-state index >= 15 is 0 Å². The van der Waals surface area contributed by atoms with Gasteiger partial charge in [-0.3, -0.25) is 24.1 Å². The van der Waals surface area contributed by atoms with Crippen molar-refractivity contribution >= 4 is 34.2 Å². The van der Waals surface area contributed by atoms with Crippen LogP contribution in [0.4, 0.5) is 0 Å². The molecule has 2 aromatic carbocycles. The number of benzene rings is 2. The SMILES string of the molecule is CS(=O)c1ccc(-n2nc(C(=O)NC(=O)c3ccncc3)c3c2-c2ccccc2C(Cl)C3N)cc1. The Balaban J connectivity index is 1.66. The van der Waals surface area contributed by atoms with Gasteiger partial charge in [0.1, 0.15) is 0 Å². The van der Waals surface area contributed by atoms with Crippen LogP contribution in [-0.4, -0.2) is 37.0 Å². The number of hydrogen-bond acceptors (Lipinski definition) is 6. The van der Waals surface area contributed by atoms with E-state index in [9.17, 15) is 13.8 Å². The van der Waals surface area contributed by atoms with E-state index in [1.165, 1.54) is 24.5 Å². The Labute approximate surface area is 208 Å². The van der Waals surface area contributed by atoms with Crippen LogP contribution in [0.1, 0.15) is 43.4 Å². The van der Waals surface area contributed by atoms with Crippen LogP contribution in [0.2, 0.25) is 0 Å². The number of aromatic nitrogens is 3. The third kappa shape index (κ3) is 4.07. The molecule has 2 heterocycles. The molecule has 10 heteroatoms. The molecule has 0 bridgehead atoms. The first-order valence-corrected chi connectivity index (χ1v) is 12.7. The fourth-order valence-corrected chi connectivity index (χ4v) is 5.00. The number of imide groups is 1. The molecule has 2 amide bonds. The maximum Gasteiger partial charge on any atom is 0.278 e. The maximum absolute atomic E-state index is 13.3. The predicted molar refractivity (Wildman–Crippen MR) is 133 cm³/mol. The Hall–Kier alpha value is -3.66. The number of nitrogens with one attached hydrogen (secondary N) is 1. The summed E-state index contributed by atoms with van der Waals surface area (Å²) in [5.74, 6) is -1.27. The number of carbonyl (C=O) groups is 2. The molecule has 176 valence electrons. The fourth-order valence-electron chi connectivity index (χ4n) is 4.17. The molecule has 3 unspecified atom stereocenters. The van der Waals surface area contributed by atoms with Crippen molar-refractivity contribution in [2.75, 3.05) is 6.26 Å². The molecule has 1 aliphatic rings. The number of halogens is 1. The standard InChI is InChI=1S/C25H20ClN5O3S/c1-35(34)16-8-6-15(7-9-16)31-23-18-5-3-2-4-17(18)20(26)21(27)19(23)22(30-31)25(33)29-24(32)14-10-12-28-13-11-14/h2-13,20-21H,27H2,1H3,(H,29,32,33). The lowest BCUT2D eigenvalue weighted by molar-refractivity contribution is 0.0845. The number of hydrogen-bond donors (Lipinski definition) is 2. The third-order valence-electron chi connectivity index (χ3n) is 5.88. The van der Waals surface area contributed by atoms with Crippen LogP contribution in [0, 0.1) is 0 Å². The lowest BCUT2D eigenvalue weighted by Gasteiger charge is -2.28. The Kier molecular flexibility index (Phi) is 6.06. The van der Waals surface area contributed by atoms with Crippen molar-refractivity contribution in [2.24, 2.45) is 5.73 Å². The van der Waals surface area contributed by atoms with Crippen LogP contribution < -0.4 is 11.1 Å². The fraction of sp³-hybridized carbons (Fsp3) is 0.120. The second-order valence-electron chi connectivity index (χ2n) is 8.00. The molecule has 2 aromatic heterocycles. The van der Waals surface area contributed by atoms with Crippen LogP contribution >= 0.6 is 11.6 Å². The van der Waals surface area contributed by atoms with Crippen molar-refractivity contribution < 1.29 is 13.8 Å². The van der Waals surface area contributed by atoms with Crippen LogP contribution in [0.5, 0.6) is 0 Å². The van der Waals surface area contributed by atoms with Crippen molar-refractivity contribution in [1.29, 1.82) is 0 Å². The van der Waals surface area contributed by atoms with E-state index in [2.05, 4.69) is 15.4 Å². The lowest BCUT2D eigenvalue weighted by Crippen LogP contribution is -2.33. The molecule has 8 nitrogen and oxygen atoms in total. The summed E-state index contributed by atoms with van der Waals surface area (Å²) in [4.78, 5) is 30.5. The first-order chi connectivity index (χ1) is 16.9. The highest BCUT2D eigenvalue weighted by Gasteiger charge is 2.38. The highest BCUT2D eigenvalue weighted by molar-refractivity contribution is 7.84. The molecule has 0 radical (unpaired) electrons. The average Bonchev–Trinajstić information content (AvgIpc) is 3.29. The average molecular weight is 506 g/mol. The zero-order valence-corrected chi connectivity index (χ0v) is 20.1. The van der Waals surface area contributed by atoms with Gasteiger partial charge in [0.2, 0.25) is 0 Å². The lowest BCUT2D eigenvalue weighted by atomic mass is 9.85. The Morgan fingerprint density at radius 3 is 2.40 bits per heavy atom. The zero-order chi connectivity index (χ0) is 24.7. The highest BCUT2D eigenvalue weighted by Crippen LogP contribution is 2.48. The maximum atomic E-state index is 13.3. The number of alkyl halides is 1. The Bertz CT molecular complexity index is 1470. The van der Waals surface area contributed by atoms with Gasteiger partial charge in [0.25, 0.3) is 11.8 Å². The number of pyridine rings is 1. The van der Waals surface area contributed by atoms with E-state index in [-0.39, 0.29) is 11.3 Å². The minimum Gasteiger partial charge on any atom is -0.322 e. The first kappa shape index (κ1) is 23.1. The molecule has 1 aliphatic carbocycles. The first-order valence-electron chi connectivity index (χ1n) is 10.7. The number of nitrogens with two attached hydrogens (primary N) is 1. The molecule has 35 heavy (non-hydrogen) atoms. The summed E-state index contributed by atoms with van der Waals surface area (Å²) in [5, 5.41) is 6.39. The van der Waals surface area contributed by atoms with E-state index in [4.69, 9.17) is 17.3 Å². The molecule has 0 saturated carbocycles. The number of carbonyl (C=O) groups excluding carboxylic acids is 2. The van der Waals surface area contributed by atoms with Crippen molar-refractivity contribution in [2.45, 2.75) is 16.3 Å². The van der Waals surface area contributed by atoms with Gasteiger partial charge in [-0.15, -0.1) is 11.6 Å². The van der Waals surface area contributed by atoms with Crippen LogP contribution in [-0.2, 0) is 10.8 Å². The van der Waals surface area contributed by atoms with Crippen molar-refractivity contribution in [3.05, 3.63) is 95.4 Å². The largest absolute Gasteiger partial charge is 0.322 e. The summed E-state index contributed by atoms with van der Waals surface area (Å²) in [5.41, 5.74) is 10.2. The smallest absolute Gasteiger partial charge is 0.278 e. The van der Waals surface area contributed by atoms with E-state index < -0.39 is 34.0 Å². The number of fused-ring (bicyclic) bond motifs is 3. The van der Waals surface area contributed by atoms with Gasteiger partial charge in [-0.05, 0) is 42.0 Å². The van der Waals surface area contributed by atoms with Gasteiger partial charge in [0.05, 0.1) is 22.8 Å². The van der Waals surface area contributed by atoms with Gasteiger partial charge in [0.15, 0.2) is 5.69 Å². The molecule has 3 N–H and O–H groups in total. The molecule has 3 atom stereocenters. The van der Waals surface area contributed by atoms with Gasteiger partial charge in [-0.2, -0.15) is 5.10 Å². The Morgan fingerprint density at radius 2 is 1.71 bits per heavy atom. The highest BCUT2D eigenvalue weighted by atomic mass is 35.5. The summed E-state index contributed by atoms with van der Waals surface area (Å²) in [6.07, 6.45) is 4.53. The van der Waals surface area contributed by atoms with Crippen molar-refractivity contribution in [3.8, 4) is 16.9 Å². The zero-order valence-electron chi connectivity index (χ0n) is 18.5. The minimum atomic E-state index is -1.14. The molecule has 5 rings (SSSR count). The van der Waals surface area contributed by atoms with E-state index in [1.54, 1.807) is 35.2 Å². The van der Waals surface area contributed by atoms with Crippen molar-refractivity contribution in [3.63, 3.8) is 0 Å². The number of nitrogens with zero attached hydrogens (tertiary/aromatic N) is 3. The number of rotatable bonds is 4. The van der Waals surface area contributed by atoms with Gasteiger partial charge >= 0.3 is 0 Å². The van der Waals surface area contributed by atoms with E-state index in [0.29, 0.717) is 21.8 Å². The van der Waals surface area contributed by atoms with E-state index in [1.807, 2.05) is 24.3 Å². The number of amides is 2. The second-order valence-corrected chi connectivity index (χ2v) is 9.85. The molecular weight excluding hydrogens is 486 g/mol. The minimum absolute atomic E-state index is 0.0122. The van der Waals surface area contributed by atoms with Crippen LogP contribution in [0.3, 0.4) is 0 Å². The predicted octanol–water partition coefficient (Wildman–Crippen LogP) is 3.54. The molecule has 0 fully saturated rings. The van der Waals surface area contributed by atoms with Crippen LogP contribution in [0.25, 0.3) is 16.9 Å². The van der Waals surface area contributed by atoms with Crippen molar-refractivity contribution in [1.82, 2.24) is 20.1 Å². The molecule has 0 aliphatic heterocycles. The third-order valence-corrected chi connectivity index (χ3v) is 7.32. The van der Waals surface area contributed by atoms with Gasteiger partial charge in [-0.25, -0.2) is 4.68 Å². The summed E-state index contributed by atoms with van der Waals surface area (Å²) in [7, 11) is -1.14. The van der Waals surface area contributed by atoms with E-state index in [0.717, 1.165) is 11.1 Å². The molecule has 0 spiro atoms. The molecule has 4 aromatic rings. The monoisotopic (exact) mass is 505 g/mol. The summed E-state index contributed by atoms with van der Waals surface area (Å²) in [6.45, 7) is 0. The van der Waals surface area contributed by atoms with Gasteiger partial charge < -0.3 is 5.73 Å². The second kappa shape index (κ2) is 9.18. The van der Waals surface area contributed by atoms with Gasteiger partial charge in [0, 0.05) is 51.0 Å².